The van der Waals surface area contributed by atoms with Crippen LogP contribution in [0, 0.1) is 20.8 Å². The first-order valence-electron chi connectivity index (χ1n) is 8.54. The molecule has 2 heterocycles. The molecular weight excluding hydrogens is 334 g/mol. The van der Waals surface area contributed by atoms with E-state index in [1.54, 1.807) is 18.3 Å². The molecular formula is C19H23N3O2S. The third-order valence-electron chi connectivity index (χ3n) is 3.97. The number of hydrogen-bond acceptors (Lipinski definition) is 6. The van der Waals surface area contributed by atoms with Crippen molar-refractivity contribution in [3.8, 4) is 17.1 Å². The van der Waals surface area contributed by atoms with E-state index in [4.69, 9.17) is 9.26 Å². The first-order valence-corrected chi connectivity index (χ1v) is 9.42. The van der Waals surface area contributed by atoms with Gasteiger partial charge in [-0.1, -0.05) is 12.1 Å². The standard InChI is InChI=1S/C19H23N3O2S/c1-5-17-21-16(11-25-17)7-6-8-23-18-12(2)9-15(10-13(18)3)19-20-14(4)24-22-19/h9-11H,5-8H2,1-4H3. The van der Waals surface area contributed by atoms with Crippen LogP contribution < -0.4 is 4.74 Å². The Morgan fingerprint density at radius 2 is 1.88 bits per heavy atom. The SMILES string of the molecule is CCc1nc(CCCOc2c(C)cc(-c3noc(C)n3)cc2C)cs1. The lowest BCUT2D eigenvalue weighted by molar-refractivity contribution is 0.306. The molecule has 0 amide bonds. The number of aromatic nitrogens is 3. The highest BCUT2D eigenvalue weighted by atomic mass is 32.1. The van der Waals surface area contributed by atoms with Gasteiger partial charge in [-0.05, 0) is 56.4 Å². The Bertz CT molecular complexity index is 831. The van der Waals surface area contributed by atoms with Crippen molar-refractivity contribution in [3.63, 3.8) is 0 Å². The summed E-state index contributed by atoms with van der Waals surface area (Å²) in [5.74, 6) is 2.13. The van der Waals surface area contributed by atoms with Crippen molar-refractivity contribution in [2.45, 2.75) is 47.0 Å². The average molecular weight is 357 g/mol. The summed E-state index contributed by atoms with van der Waals surface area (Å²) in [6.07, 6.45) is 2.91. The van der Waals surface area contributed by atoms with Crippen molar-refractivity contribution in [3.05, 3.63) is 45.2 Å². The van der Waals surface area contributed by atoms with Gasteiger partial charge in [-0.2, -0.15) is 4.98 Å². The molecule has 0 aliphatic heterocycles. The second kappa shape index (κ2) is 7.78. The molecule has 0 unspecified atom stereocenters. The van der Waals surface area contributed by atoms with Crippen molar-refractivity contribution >= 4 is 11.3 Å². The molecule has 25 heavy (non-hydrogen) atoms. The molecule has 0 aliphatic rings. The predicted molar refractivity (Wildman–Crippen MR) is 99.3 cm³/mol. The Balaban J connectivity index is 1.60. The Hall–Kier alpha value is -2.21. The van der Waals surface area contributed by atoms with Gasteiger partial charge in [0.1, 0.15) is 5.75 Å². The fourth-order valence-electron chi connectivity index (χ4n) is 2.78. The summed E-state index contributed by atoms with van der Waals surface area (Å²) < 4.78 is 11.1. The molecule has 0 fully saturated rings. The minimum atomic E-state index is 0.568. The first-order chi connectivity index (χ1) is 12.1. The number of ether oxygens (including phenoxy) is 1. The van der Waals surface area contributed by atoms with Gasteiger partial charge in [-0.3, -0.25) is 0 Å². The quantitative estimate of drug-likeness (QED) is 0.574. The Morgan fingerprint density at radius 3 is 2.48 bits per heavy atom. The highest BCUT2D eigenvalue weighted by Gasteiger charge is 2.12. The van der Waals surface area contributed by atoms with E-state index in [1.807, 2.05) is 26.0 Å². The van der Waals surface area contributed by atoms with E-state index in [0.717, 1.165) is 41.7 Å². The van der Waals surface area contributed by atoms with Crippen LogP contribution in [0.3, 0.4) is 0 Å². The van der Waals surface area contributed by atoms with Crippen molar-refractivity contribution in [2.24, 2.45) is 0 Å². The Kier molecular flexibility index (Phi) is 5.48. The number of thiazole rings is 1. The number of rotatable bonds is 7. The lowest BCUT2D eigenvalue weighted by atomic mass is 10.1. The smallest absolute Gasteiger partial charge is 0.223 e. The van der Waals surface area contributed by atoms with Crippen LogP contribution in [-0.4, -0.2) is 21.7 Å². The normalized spacial score (nSPS) is 11.0. The molecule has 3 aromatic rings. The van der Waals surface area contributed by atoms with Gasteiger partial charge < -0.3 is 9.26 Å². The van der Waals surface area contributed by atoms with Gasteiger partial charge in [-0.15, -0.1) is 11.3 Å². The fraction of sp³-hybridized carbons (Fsp3) is 0.421. The van der Waals surface area contributed by atoms with Crippen LogP contribution in [0.15, 0.2) is 22.0 Å². The lowest BCUT2D eigenvalue weighted by Gasteiger charge is -2.13. The van der Waals surface area contributed by atoms with Crippen molar-refractivity contribution in [1.29, 1.82) is 0 Å². The molecule has 0 radical (unpaired) electrons. The molecule has 0 aliphatic carbocycles. The minimum absolute atomic E-state index is 0.568. The van der Waals surface area contributed by atoms with E-state index in [0.29, 0.717) is 18.3 Å². The van der Waals surface area contributed by atoms with E-state index in [1.165, 1.54) is 10.7 Å². The maximum absolute atomic E-state index is 6.03. The van der Waals surface area contributed by atoms with E-state index in [2.05, 4.69) is 27.4 Å². The van der Waals surface area contributed by atoms with Gasteiger partial charge >= 0.3 is 0 Å². The van der Waals surface area contributed by atoms with Crippen LogP contribution >= 0.6 is 11.3 Å². The van der Waals surface area contributed by atoms with Gasteiger partial charge in [0.2, 0.25) is 11.7 Å². The maximum atomic E-state index is 6.03. The second-order valence-corrected chi connectivity index (χ2v) is 7.06. The zero-order valence-corrected chi connectivity index (χ0v) is 15.9. The Morgan fingerprint density at radius 1 is 1.12 bits per heavy atom. The summed E-state index contributed by atoms with van der Waals surface area (Å²) in [5, 5.41) is 7.34. The largest absolute Gasteiger partial charge is 0.493 e. The molecule has 0 saturated heterocycles. The van der Waals surface area contributed by atoms with Crippen LogP contribution in [0.1, 0.15) is 41.1 Å². The average Bonchev–Trinajstić information content (AvgIpc) is 3.22. The fourth-order valence-corrected chi connectivity index (χ4v) is 3.56. The number of nitrogens with zero attached hydrogens (tertiary/aromatic N) is 3. The number of hydrogen-bond donors (Lipinski definition) is 0. The van der Waals surface area contributed by atoms with Crippen LogP contribution in [0.5, 0.6) is 5.75 Å². The topological polar surface area (TPSA) is 61.0 Å². The monoisotopic (exact) mass is 357 g/mol. The molecule has 1 aromatic carbocycles. The highest BCUT2D eigenvalue weighted by Crippen LogP contribution is 2.29. The summed E-state index contributed by atoms with van der Waals surface area (Å²) in [7, 11) is 0. The molecule has 3 rings (SSSR count). The molecule has 0 saturated carbocycles. The van der Waals surface area contributed by atoms with E-state index < -0.39 is 0 Å². The van der Waals surface area contributed by atoms with Gasteiger partial charge in [-0.25, -0.2) is 4.98 Å². The molecule has 6 heteroatoms. The summed E-state index contributed by atoms with van der Waals surface area (Å²) >= 11 is 1.74. The maximum Gasteiger partial charge on any atom is 0.223 e. The molecule has 132 valence electrons. The molecule has 0 spiro atoms. The van der Waals surface area contributed by atoms with E-state index in [-0.39, 0.29) is 0 Å². The molecule has 5 nitrogen and oxygen atoms in total. The zero-order chi connectivity index (χ0) is 17.8. The van der Waals surface area contributed by atoms with Crippen molar-refractivity contribution < 1.29 is 9.26 Å². The van der Waals surface area contributed by atoms with Crippen LogP contribution in [0.2, 0.25) is 0 Å². The summed E-state index contributed by atoms with van der Waals surface area (Å²) in [4.78, 5) is 8.88. The second-order valence-electron chi connectivity index (χ2n) is 6.11. The molecule has 0 bridgehead atoms. The summed E-state index contributed by atoms with van der Waals surface area (Å²) in [6, 6.07) is 4.08. The number of aryl methyl sites for hydroxylation is 5. The molecule has 0 atom stereocenters. The van der Waals surface area contributed by atoms with Crippen molar-refractivity contribution in [1.82, 2.24) is 15.1 Å². The number of benzene rings is 1. The summed E-state index contributed by atoms with van der Waals surface area (Å²) in [6.45, 7) is 8.71. The van der Waals surface area contributed by atoms with E-state index in [9.17, 15) is 0 Å². The summed E-state index contributed by atoms with van der Waals surface area (Å²) in [5.41, 5.74) is 4.29. The van der Waals surface area contributed by atoms with Crippen molar-refractivity contribution in [2.75, 3.05) is 6.61 Å². The third-order valence-corrected chi connectivity index (χ3v) is 5.01. The van der Waals surface area contributed by atoms with Gasteiger partial charge in [0.05, 0.1) is 17.3 Å². The van der Waals surface area contributed by atoms with E-state index >= 15 is 0 Å². The zero-order valence-electron chi connectivity index (χ0n) is 15.1. The first kappa shape index (κ1) is 17.6. The molecule has 0 N–H and O–H groups in total. The van der Waals surface area contributed by atoms with Gasteiger partial charge in [0, 0.05) is 17.9 Å². The third kappa shape index (κ3) is 4.25. The van der Waals surface area contributed by atoms with Gasteiger partial charge in [0.25, 0.3) is 0 Å². The van der Waals surface area contributed by atoms with Gasteiger partial charge in [0.15, 0.2) is 0 Å². The lowest BCUT2D eigenvalue weighted by Crippen LogP contribution is -2.03. The highest BCUT2D eigenvalue weighted by molar-refractivity contribution is 7.09. The van der Waals surface area contributed by atoms with Crippen LogP contribution in [0.25, 0.3) is 11.4 Å². The van der Waals surface area contributed by atoms with Crippen LogP contribution in [0.4, 0.5) is 0 Å². The predicted octanol–water partition coefficient (Wildman–Crippen LogP) is 4.69. The van der Waals surface area contributed by atoms with Crippen LogP contribution in [-0.2, 0) is 12.8 Å². The Labute approximate surface area is 152 Å². The molecule has 2 aromatic heterocycles. The minimum Gasteiger partial charge on any atom is -0.493 e.